The number of carbonyl (C=O) groups excluding carboxylic acids is 1. The highest BCUT2D eigenvalue weighted by Gasteiger charge is 2.18. The Morgan fingerprint density at radius 1 is 1.03 bits per heavy atom. The maximum atomic E-state index is 12.3. The lowest BCUT2D eigenvalue weighted by atomic mass is 10.1. The zero-order valence-corrected chi connectivity index (χ0v) is 17.5. The quantitative estimate of drug-likeness (QED) is 0.664. The molecular weight excluding hydrogens is 380 g/mol. The third-order valence-corrected chi connectivity index (χ3v) is 6.00. The maximum absolute atomic E-state index is 12.3. The lowest BCUT2D eigenvalue weighted by Gasteiger charge is -2.36. The fourth-order valence-electron chi connectivity index (χ4n) is 3.50. The molecule has 1 aromatic heterocycles. The highest BCUT2D eigenvalue weighted by molar-refractivity contribution is 7.14. The number of piperazine rings is 1. The van der Waals surface area contributed by atoms with Gasteiger partial charge in [-0.3, -0.25) is 9.69 Å². The van der Waals surface area contributed by atoms with E-state index < -0.39 is 0 Å². The fourth-order valence-corrected chi connectivity index (χ4v) is 4.23. The van der Waals surface area contributed by atoms with Gasteiger partial charge in [0.1, 0.15) is 0 Å². The number of anilines is 2. The summed E-state index contributed by atoms with van der Waals surface area (Å²) in [5, 5.41) is 5.60. The predicted octanol–water partition coefficient (Wildman–Crippen LogP) is 4.27. The second kappa shape index (κ2) is 9.20. The van der Waals surface area contributed by atoms with Gasteiger partial charge in [-0.2, -0.15) is 0 Å². The smallest absolute Gasteiger partial charge is 0.227 e. The maximum Gasteiger partial charge on any atom is 0.227 e. The average molecular weight is 407 g/mol. The van der Waals surface area contributed by atoms with E-state index in [1.165, 1.54) is 22.6 Å². The van der Waals surface area contributed by atoms with Gasteiger partial charge in [0.2, 0.25) is 5.91 Å². The van der Waals surface area contributed by atoms with Crippen molar-refractivity contribution in [1.29, 1.82) is 0 Å². The Morgan fingerprint density at radius 2 is 1.76 bits per heavy atom. The van der Waals surface area contributed by atoms with Crippen LogP contribution in [0.2, 0.25) is 0 Å². The Morgan fingerprint density at radius 3 is 2.48 bits per heavy atom. The van der Waals surface area contributed by atoms with Crippen LogP contribution in [0.15, 0.2) is 60.0 Å². The minimum absolute atomic E-state index is 0.0281. The Bertz CT molecular complexity index is 931. The van der Waals surface area contributed by atoms with E-state index in [1.807, 2.05) is 11.4 Å². The summed E-state index contributed by atoms with van der Waals surface area (Å²) in [5.74, 6) is 0.0281. The van der Waals surface area contributed by atoms with Crippen molar-refractivity contribution in [3.63, 3.8) is 0 Å². The van der Waals surface area contributed by atoms with Gasteiger partial charge in [-0.15, -0.1) is 11.3 Å². The molecule has 0 atom stereocenters. The third-order valence-electron chi connectivity index (χ3n) is 5.25. The highest BCUT2D eigenvalue weighted by Crippen LogP contribution is 2.25. The third kappa shape index (κ3) is 5.22. The van der Waals surface area contributed by atoms with Crippen LogP contribution in [0.3, 0.4) is 0 Å². The first-order valence-electron chi connectivity index (χ1n) is 10.0. The van der Waals surface area contributed by atoms with E-state index in [0.717, 1.165) is 44.0 Å². The average Bonchev–Trinajstić information content (AvgIpc) is 3.22. The van der Waals surface area contributed by atoms with Crippen molar-refractivity contribution in [2.24, 2.45) is 0 Å². The van der Waals surface area contributed by atoms with Crippen LogP contribution in [-0.2, 0) is 4.79 Å². The van der Waals surface area contributed by atoms with Crippen molar-refractivity contribution in [1.82, 2.24) is 9.88 Å². The Labute approximate surface area is 176 Å². The molecule has 1 aliphatic heterocycles. The molecule has 0 radical (unpaired) electrons. The first-order valence-corrected chi connectivity index (χ1v) is 10.9. The molecule has 3 aromatic rings. The number of benzene rings is 2. The van der Waals surface area contributed by atoms with Gasteiger partial charge in [-0.25, -0.2) is 4.98 Å². The summed E-state index contributed by atoms with van der Waals surface area (Å²) >= 11 is 1.47. The van der Waals surface area contributed by atoms with Gasteiger partial charge in [0.15, 0.2) is 5.13 Å². The molecule has 2 heterocycles. The molecule has 0 saturated carbocycles. The van der Waals surface area contributed by atoms with Crippen LogP contribution >= 0.6 is 11.3 Å². The summed E-state index contributed by atoms with van der Waals surface area (Å²) in [7, 11) is 0. The van der Waals surface area contributed by atoms with E-state index in [1.54, 1.807) is 0 Å². The van der Waals surface area contributed by atoms with Gasteiger partial charge >= 0.3 is 0 Å². The molecule has 5 nitrogen and oxygen atoms in total. The van der Waals surface area contributed by atoms with Crippen molar-refractivity contribution >= 4 is 28.1 Å². The largest absolute Gasteiger partial charge is 0.369 e. The molecule has 2 aromatic carbocycles. The van der Waals surface area contributed by atoms with Gasteiger partial charge in [0.25, 0.3) is 0 Å². The van der Waals surface area contributed by atoms with E-state index in [4.69, 9.17) is 0 Å². The Kier molecular flexibility index (Phi) is 6.22. The van der Waals surface area contributed by atoms with Crippen molar-refractivity contribution in [2.45, 2.75) is 13.3 Å². The molecule has 1 N–H and O–H groups in total. The van der Waals surface area contributed by atoms with Crippen LogP contribution < -0.4 is 10.2 Å². The molecule has 150 valence electrons. The van der Waals surface area contributed by atoms with Gasteiger partial charge in [0.05, 0.1) is 5.69 Å². The van der Waals surface area contributed by atoms with Crippen molar-refractivity contribution in [3.8, 4) is 11.3 Å². The summed E-state index contributed by atoms with van der Waals surface area (Å²) in [4.78, 5) is 21.7. The van der Waals surface area contributed by atoms with E-state index in [9.17, 15) is 4.79 Å². The molecule has 0 spiro atoms. The Hall–Kier alpha value is -2.70. The molecule has 29 heavy (non-hydrogen) atoms. The second-order valence-electron chi connectivity index (χ2n) is 7.37. The molecule has 1 amide bonds. The molecule has 1 saturated heterocycles. The number of rotatable bonds is 6. The molecule has 1 fully saturated rings. The van der Waals surface area contributed by atoms with E-state index >= 15 is 0 Å². The SMILES string of the molecule is Cc1ccc(-c2csc(NC(=O)CCN3CCN(c4ccccc4)CC3)n2)cc1. The van der Waals surface area contributed by atoms with Crippen LogP contribution in [0.1, 0.15) is 12.0 Å². The minimum Gasteiger partial charge on any atom is -0.369 e. The van der Waals surface area contributed by atoms with Crippen LogP contribution in [-0.4, -0.2) is 48.5 Å². The number of aryl methyl sites for hydroxylation is 1. The molecule has 1 aliphatic rings. The zero-order valence-electron chi connectivity index (χ0n) is 16.7. The summed E-state index contributed by atoms with van der Waals surface area (Å²) in [6.45, 7) is 6.81. The molecule has 6 heteroatoms. The van der Waals surface area contributed by atoms with E-state index in [2.05, 4.69) is 75.6 Å². The predicted molar refractivity (Wildman–Crippen MR) is 121 cm³/mol. The van der Waals surface area contributed by atoms with Crippen molar-refractivity contribution < 1.29 is 4.79 Å². The number of para-hydroxylation sites is 1. The number of amides is 1. The molecule has 0 bridgehead atoms. The molecule has 0 aliphatic carbocycles. The number of nitrogens with zero attached hydrogens (tertiary/aromatic N) is 3. The van der Waals surface area contributed by atoms with Gasteiger partial charge < -0.3 is 10.2 Å². The lowest BCUT2D eigenvalue weighted by molar-refractivity contribution is -0.116. The van der Waals surface area contributed by atoms with Crippen molar-refractivity contribution in [2.75, 3.05) is 42.9 Å². The van der Waals surface area contributed by atoms with Crippen LogP contribution in [0.4, 0.5) is 10.8 Å². The monoisotopic (exact) mass is 406 g/mol. The number of hydrogen-bond donors (Lipinski definition) is 1. The molecular formula is C23H26N4OS. The first-order chi connectivity index (χ1) is 14.2. The normalized spacial score (nSPS) is 14.7. The topological polar surface area (TPSA) is 48.5 Å². The van der Waals surface area contributed by atoms with E-state index in [0.29, 0.717) is 11.6 Å². The fraction of sp³-hybridized carbons (Fsp3) is 0.304. The van der Waals surface area contributed by atoms with Crippen LogP contribution in [0.25, 0.3) is 11.3 Å². The zero-order chi connectivity index (χ0) is 20.1. The second-order valence-corrected chi connectivity index (χ2v) is 8.22. The summed E-state index contributed by atoms with van der Waals surface area (Å²) in [5.41, 5.74) is 4.48. The lowest BCUT2D eigenvalue weighted by Crippen LogP contribution is -2.47. The molecule has 4 rings (SSSR count). The minimum atomic E-state index is 0.0281. The molecule has 0 unspecified atom stereocenters. The number of hydrogen-bond acceptors (Lipinski definition) is 5. The number of nitrogens with one attached hydrogen (secondary N) is 1. The summed E-state index contributed by atoms with van der Waals surface area (Å²) < 4.78 is 0. The summed E-state index contributed by atoms with van der Waals surface area (Å²) in [6, 6.07) is 18.8. The van der Waals surface area contributed by atoms with Gasteiger partial charge in [-0.1, -0.05) is 48.0 Å². The van der Waals surface area contributed by atoms with Crippen molar-refractivity contribution in [3.05, 3.63) is 65.5 Å². The van der Waals surface area contributed by atoms with Crippen LogP contribution in [0, 0.1) is 6.92 Å². The standard InChI is InChI=1S/C23H26N4OS/c1-18-7-9-19(10-8-18)21-17-29-23(24-21)25-22(28)11-12-26-13-15-27(16-14-26)20-5-3-2-4-6-20/h2-10,17H,11-16H2,1H3,(H,24,25,28). The first kappa shape index (κ1) is 19.6. The van der Waals surface area contributed by atoms with E-state index in [-0.39, 0.29) is 5.91 Å². The number of aromatic nitrogens is 1. The number of carbonyl (C=O) groups is 1. The Balaban J connectivity index is 1.22. The van der Waals surface area contributed by atoms with Gasteiger partial charge in [0, 0.05) is 55.8 Å². The summed E-state index contributed by atoms with van der Waals surface area (Å²) in [6.07, 6.45) is 0.491. The highest BCUT2D eigenvalue weighted by atomic mass is 32.1. The number of thiazole rings is 1. The van der Waals surface area contributed by atoms with Crippen LogP contribution in [0.5, 0.6) is 0 Å². The van der Waals surface area contributed by atoms with Gasteiger partial charge in [-0.05, 0) is 19.1 Å².